The molecule has 0 bridgehead atoms. The second-order valence-corrected chi connectivity index (χ2v) is 4.37. The van der Waals surface area contributed by atoms with Crippen molar-refractivity contribution in [1.82, 2.24) is 0 Å². The maximum Gasteiger partial charge on any atom is 0.144 e. The fourth-order valence-electron chi connectivity index (χ4n) is 2.85. The van der Waals surface area contributed by atoms with Crippen LogP contribution in [-0.2, 0) is 4.79 Å². The summed E-state index contributed by atoms with van der Waals surface area (Å²) in [6.07, 6.45) is 4.36. The average Bonchev–Trinajstić information content (AvgIpc) is 2.54. The Morgan fingerprint density at radius 3 is 2.58 bits per heavy atom. The first-order valence-corrected chi connectivity index (χ1v) is 4.89. The molecule has 0 heterocycles. The third-order valence-corrected chi connectivity index (χ3v) is 3.70. The van der Waals surface area contributed by atoms with E-state index in [1.807, 2.05) is 6.92 Å². The van der Waals surface area contributed by atoms with Crippen molar-refractivity contribution in [2.75, 3.05) is 0 Å². The zero-order valence-corrected chi connectivity index (χ0v) is 7.55. The molecule has 2 nitrogen and oxygen atoms in total. The monoisotopic (exact) mass is 168 g/mol. The summed E-state index contributed by atoms with van der Waals surface area (Å²) in [7, 11) is 0. The number of ketones is 1. The van der Waals surface area contributed by atoms with E-state index in [2.05, 4.69) is 0 Å². The predicted molar refractivity (Wildman–Crippen MR) is 45.7 cm³/mol. The zero-order valence-electron chi connectivity index (χ0n) is 7.55. The van der Waals surface area contributed by atoms with E-state index in [-0.39, 0.29) is 17.4 Å². The number of Topliss-reactive ketones (excluding diaryl/α,β-unsaturated/α-hetero) is 1. The smallest absolute Gasteiger partial charge is 0.144 e. The Morgan fingerprint density at radius 2 is 2.17 bits per heavy atom. The quantitative estimate of drug-likeness (QED) is 0.595. The maximum atomic E-state index is 11.8. The molecule has 0 aromatic heterocycles. The van der Waals surface area contributed by atoms with E-state index in [1.54, 1.807) is 0 Å². The van der Waals surface area contributed by atoms with Crippen molar-refractivity contribution in [3.63, 3.8) is 0 Å². The third-order valence-electron chi connectivity index (χ3n) is 3.70. The zero-order chi connectivity index (χ0) is 8.77. The van der Waals surface area contributed by atoms with Crippen molar-refractivity contribution in [3.8, 4) is 0 Å². The molecule has 68 valence electrons. The predicted octanol–water partition coefficient (Wildman–Crippen LogP) is 1.52. The van der Waals surface area contributed by atoms with Crippen LogP contribution in [0.15, 0.2) is 0 Å². The summed E-state index contributed by atoms with van der Waals surface area (Å²) in [5, 5.41) is 9.75. The van der Waals surface area contributed by atoms with Gasteiger partial charge in [0.15, 0.2) is 0 Å². The Morgan fingerprint density at radius 1 is 1.42 bits per heavy atom. The first-order valence-electron chi connectivity index (χ1n) is 4.89. The minimum absolute atomic E-state index is 0.192. The molecule has 2 aliphatic rings. The molecule has 3 atom stereocenters. The van der Waals surface area contributed by atoms with Gasteiger partial charge in [0.1, 0.15) is 5.78 Å². The van der Waals surface area contributed by atoms with Gasteiger partial charge in [0, 0.05) is 5.92 Å². The lowest BCUT2D eigenvalue weighted by Gasteiger charge is -2.25. The topological polar surface area (TPSA) is 37.3 Å². The highest BCUT2D eigenvalue weighted by molar-refractivity contribution is 5.89. The van der Waals surface area contributed by atoms with Crippen LogP contribution in [0.25, 0.3) is 0 Å². The fraction of sp³-hybridized carbons (Fsp3) is 0.900. The van der Waals surface area contributed by atoms with Crippen LogP contribution < -0.4 is 0 Å². The molecule has 1 N–H and O–H groups in total. The summed E-state index contributed by atoms with van der Waals surface area (Å²) in [5.41, 5.74) is -0.306. The van der Waals surface area contributed by atoms with Gasteiger partial charge in [-0.05, 0) is 32.1 Å². The van der Waals surface area contributed by atoms with Gasteiger partial charge in [0.25, 0.3) is 0 Å². The minimum Gasteiger partial charge on any atom is -0.392 e. The highest BCUT2D eigenvalue weighted by atomic mass is 16.3. The van der Waals surface area contributed by atoms with Crippen molar-refractivity contribution in [2.45, 2.75) is 45.1 Å². The molecule has 0 aromatic carbocycles. The molecule has 2 fully saturated rings. The number of carbonyl (C=O) groups is 1. The summed E-state index contributed by atoms with van der Waals surface area (Å²) in [4.78, 5) is 11.8. The summed E-state index contributed by atoms with van der Waals surface area (Å²) in [6.45, 7) is 1.99. The Balaban J connectivity index is 2.26. The lowest BCUT2D eigenvalue weighted by Crippen LogP contribution is -2.35. The highest BCUT2D eigenvalue weighted by Crippen LogP contribution is 2.49. The Labute approximate surface area is 73.0 Å². The molecule has 0 radical (unpaired) electrons. The molecule has 0 unspecified atom stereocenters. The van der Waals surface area contributed by atoms with Gasteiger partial charge in [0.05, 0.1) is 11.5 Å². The van der Waals surface area contributed by atoms with Gasteiger partial charge >= 0.3 is 0 Å². The summed E-state index contributed by atoms with van der Waals surface area (Å²) < 4.78 is 0. The molecular formula is C10H16O2. The lowest BCUT2D eigenvalue weighted by molar-refractivity contribution is -0.132. The first-order chi connectivity index (χ1) is 5.67. The van der Waals surface area contributed by atoms with E-state index in [4.69, 9.17) is 0 Å². The fourth-order valence-corrected chi connectivity index (χ4v) is 2.85. The number of hydrogen-bond donors (Lipinski definition) is 1. The van der Waals surface area contributed by atoms with Gasteiger partial charge in [-0.25, -0.2) is 0 Å². The molecule has 1 spiro atoms. The molecule has 0 saturated heterocycles. The van der Waals surface area contributed by atoms with Crippen molar-refractivity contribution in [3.05, 3.63) is 0 Å². The van der Waals surface area contributed by atoms with Gasteiger partial charge in [0.2, 0.25) is 0 Å². The highest BCUT2D eigenvalue weighted by Gasteiger charge is 2.52. The van der Waals surface area contributed by atoms with Crippen LogP contribution in [0.5, 0.6) is 0 Å². The molecule has 2 aliphatic carbocycles. The van der Waals surface area contributed by atoms with Crippen molar-refractivity contribution in [2.24, 2.45) is 11.3 Å². The van der Waals surface area contributed by atoms with Crippen LogP contribution in [-0.4, -0.2) is 17.0 Å². The molecule has 2 heteroatoms. The second kappa shape index (κ2) is 2.56. The van der Waals surface area contributed by atoms with Crippen LogP contribution in [0, 0.1) is 11.3 Å². The lowest BCUT2D eigenvalue weighted by atomic mass is 9.80. The third kappa shape index (κ3) is 0.875. The summed E-state index contributed by atoms with van der Waals surface area (Å²) >= 11 is 0. The van der Waals surface area contributed by atoms with Crippen LogP contribution in [0.3, 0.4) is 0 Å². The van der Waals surface area contributed by atoms with Crippen molar-refractivity contribution < 1.29 is 9.90 Å². The van der Waals surface area contributed by atoms with E-state index in [0.717, 1.165) is 32.1 Å². The van der Waals surface area contributed by atoms with E-state index in [1.165, 1.54) is 0 Å². The summed E-state index contributed by atoms with van der Waals surface area (Å²) in [6, 6.07) is 0. The number of hydrogen-bond acceptors (Lipinski definition) is 2. The molecule has 2 saturated carbocycles. The first kappa shape index (κ1) is 8.24. The van der Waals surface area contributed by atoms with E-state index < -0.39 is 0 Å². The number of rotatable bonds is 0. The Kier molecular flexibility index (Phi) is 1.76. The largest absolute Gasteiger partial charge is 0.392 e. The van der Waals surface area contributed by atoms with E-state index >= 15 is 0 Å². The Hall–Kier alpha value is -0.370. The number of carbonyl (C=O) groups excluding carboxylic acids is 1. The van der Waals surface area contributed by atoms with Gasteiger partial charge < -0.3 is 5.11 Å². The van der Waals surface area contributed by atoms with Gasteiger partial charge in [-0.15, -0.1) is 0 Å². The van der Waals surface area contributed by atoms with Crippen LogP contribution in [0.2, 0.25) is 0 Å². The average molecular weight is 168 g/mol. The molecule has 0 amide bonds. The number of aliphatic hydroxyl groups is 1. The maximum absolute atomic E-state index is 11.8. The SMILES string of the molecule is C[C@H]1CC[C@@]2(CCC[C@@H]2O)C1=O. The van der Waals surface area contributed by atoms with Crippen molar-refractivity contribution in [1.29, 1.82) is 0 Å². The van der Waals surface area contributed by atoms with Crippen LogP contribution in [0.4, 0.5) is 0 Å². The summed E-state index contributed by atoms with van der Waals surface area (Å²) in [5.74, 6) is 0.519. The second-order valence-electron chi connectivity index (χ2n) is 4.37. The normalized spacial score (nSPS) is 47.7. The number of aliphatic hydroxyl groups excluding tert-OH is 1. The van der Waals surface area contributed by atoms with Gasteiger partial charge in [-0.3, -0.25) is 4.79 Å². The van der Waals surface area contributed by atoms with Gasteiger partial charge in [-0.2, -0.15) is 0 Å². The molecule has 2 rings (SSSR count). The van der Waals surface area contributed by atoms with E-state index in [9.17, 15) is 9.90 Å². The molecular weight excluding hydrogens is 152 g/mol. The standard InChI is InChI=1S/C10H16O2/c1-7-4-6-10(9(7)12)5-2-3-8(10)11/h7-8,11H,2-6H2,1H3/t7-,8-,10+/m0/s1. The van der Waals surface area contributed by atoms with Gasteiger partial charge in [-0.1, -0.05) is 6.92 Å². The molecule has 12 heavy (non-hydrogen) atoms. The van der Waals surface area contributed by atoms with E-state index in [0.29, 0.717) is 5.78 Å². The minimum atomic E-state index is -0.338. The Bertz CT molecular complexity index is 212. The van der Waals surface area contributed by atoms with Crippen LogP contribution in [0.1, 0.15) is 39.0 Å². The van der Waals surface area contributed by atoms with Crippen LogP contribution >= 0.6 is 0 Å². The van der Waals surface area contributed by atoms with Crippen molar-refractivity contribution >= 4 is 5.78 Å². The molecule has 0 aliphatic heterocycles. The molecule has 0 aromatic rings.